The lowest BCUT2D eigenvalue weighted by Crippen LogP contribution is -2.28. The van der Waals surface area contributed by atoms with Crippen LogP contribution in [0.3, 0.4) is 0 Å². The number of hydrogen-bond acceptors (Lipinski definition) is 3. The molecule has 5 heteroatoms. The molecule has 5 nitrogen and oxygen atoms in total. The molecule has 0 aliphatic rings. The second-order valence-corrected chi connectivity index (χ2v) is 4.68. The van der Waals surface area contributed by atoms with Gasteiger partial charge in [-0.15, -0.1) is 0 Å². The van der Waals surface area contributed by atoms with E-state index < -0.39 is 0 Å². The van der Waals surface area contributed by atoms with Gasteiger partial charge in [-0.1, -0.05) is 26.7 Å². The summed E-state index contributed by atoms with van der Waals surface area (Å²) in [6, 6.07) is 1.68. The monoisotopic (exact) mass is 238 g/mol. The first-order valence-electron chi connectivity index (χ1n) is 6.13. The normalized spacial score (nSPS) is 10.8. The predicted molar refractivity (Wildman–Crippen MR) is 68.3 cm³/mol. The molecule has 1 rings (SSSR count). The van der Waals surface area contributed by atoms with Crippen molar-refractivity contribution in [1.29, 1.82) is 0 Å². The van der Waals surface area contributed by atoms with Crippen LogP contribution in [0.1, 0.15) is 33.1 Å². The Labute approximate surface area is 102 Å². The summed E-state index contributed by atoms with van der Waals surface area (Å²) in [4.78, 5) is 11.5. The van der Waals surface area contributed by atoms with E-state index in [1.165, 1.54) is 6.42 Å². The van der Waals surface area contributed by atoms with Crippen LogP contribution in [0.2, 0.25) is 0 Å². The molecule has 17 heavy (non-hydrogen) atoms. The Balaban J connectivity index is 2.09. The molecular formula is C12H22N4O. The Morgan fingerprint density at radius 2 is 2.29 bits per heavy atom. The van der Waals surface area contributed by atoms with Gasteiger partial charge in [0.05, 0.1) is 0 Å². The van der Waals surface area contributed by atoms with Crippen molar-refractivity contribution in [1.82, 2.24) is 15.1 Å². The molecule has 0 saturated carbocycles. The van der Waals surface area contributed by atoms with E-state index in [2.05, 4.69) is 24.3 Å². The van der Waals surface area contributed by atoms with Gasteiger partial charge in [-0.2, -0.15) is 5.10 Å². The number of unbranched alkanes of at least 4 members (excludes halogenated alkanes) is 1. The molecule has 1 aromatic rings. The molecule has 0 bridgehead atoms. The van der Waals surface area contributed by atoms with Gasteiger partial charge in [-0.25, -0.2) is 0 Å². The minimum Gasteiger partial charge on any atom is -0.382 e. The van der Waals surface area contributed by atoms with E-state index in [4.69, 9.17) is 5.73 Å². The highest BCUT2D eigenvalue weighted by Crippen LogP contribution is 2.05. The molecule has 0 aliphatic heterocycles. The summed E-state index contributed by atoms with van der Waals surface area (Å²) in [5.41, 5.74) is 5.46. The van der Waals surface area contributed by atoms with E-state index in [-0.39, 0.29) is 12.5 Å². The van der Waals surface area contributed by atoms with Crippen molar-refractivity contribution in [2.45, 2.75) is 39.7 Å². The first-order chi connectivity index (χ1) is 8.08. The van der Waals surface area contributed by atoms with Gasteiger partial charge in [0.1, 0.15) is 12.4 Å². The Hall–Kier alpha value is -1.52. The number of hydrogen-bond donors (Lipinski definition) is 2. The molecule has 0 atom stereocenters. The summed E-state index contributed by atoms with van der Waals surface area (Å²) in [6.45, 7) is 5.39. The average molecular weight is 238 g/mol. The van der Waals surface area contributed by atoms with Crippen LogP contribution in [0.15, 0.2) is 12.3 Å². The standard InChI is InChI=1S/C12H22N4O/c1-10(2)5-3-4-7-14-12(17)9-16-8-6-11(13)15-16/h6,8,10H,3-5,7,9H2,1-2H3,(H2,13,15)(H,14,17). The molecule has 0 radical (unpaired) electrons. The van der Waals surface area contributed by atoms with Crippen molar-refractivity contribution < 1.29 is 4.79 Å². The number of nitrogens with one attached hydrogen (secondary N) is 1. The fourth-order valence-corrected chi connectivity index (χ4v) is 1.57. The SMILES string of the molecule is CC(C)CCCCNC(=O)Cn1ccc(N)n1. The van der Waals surface area contributed by atoms with Crippen molar-refractivity contribution in [3.05, 3.63) is 12.3 Å². The summed E-state index contributed by atoms with van der Waals surface area (Å²) in [5, 5.41) is 6.83. The van der Waals surface area contributed by atoms with Crippen LogP contribution >= 0.6 is 0 Å². The average Bonchev–Trinajstić information content (AvgIpc) is 2.63. The largest absolute Gasteiger partial charge is 0.382 e. The molecule has 1 amide bonds. The summed E-state index contributed by atoms with van der Waals surface area (Å²) in [6.07, 6.45) is 5.11. The second-order valence-electron chi connectivity index (χ2n) is 4.68. The third kappa shape index (κ3) is 5.94. The zero-order valence-corrected chi connectivity index (χ0v) is 10.6. The van der Waals surface area contributed by atoms with Crippen molar-refractivity contribution in [2.24, 2.45) is 5.92 Å². The second kappa shape index (κ2) is 6.93. The van der Waals surface area contributed by atoms with Crippen LogP contribution in [0.4, 0.5) is 5.82 Å². The fourth-order valence-electron chi connectivity index (χ4n) is 1.57. The maximum atomic E-state index is 11.5. The van der Waals surface area contributed by atoms with E-state index in [1.54, 1.807) is 16.9 Å². The quantitative estimate of drug-likeness (QED) is 0.705. The van der Waals surface area contributed by atoms with Crippen LogP contribution in [0.5, 0.6) is 0 Å². The van der Waals surface area contributed by atoms with Crippen molar-refractivity contribution in [3.8, 4) is 0 Å². The number of carbonyl (C=O) groups excluding carboxylic acids is 1. The summed E-state index contributed by atoms with van der Waals surface area (Å²) < 4.78 is 1.54. The third-order valence-corrected chi connectivity index (χ3v) is 2.50. The summed E-state index contributed by atoms with van der Waals surface area (Å²) >= 11 is 0. The number of carbonyl (C=O) groups is 1. The Bertz CT molecular complexity index is 346. The molecule has 0 saturated heterocycles. The van der Waals surface area contributed by atoms with Gasteiger partial charge in [0.2, 0.25) is 5.91 Å². The number of nitrogens with zero attached hydrogens (tertiary/aromatic N) is 2. The van der Waals surface area contributed by atoms with Gasteiger partial charge >= 0.3 is 0 Å². The zero-order chi connectivity index (χ0) is 12.7. The van der Waals surface area contributed by atoms with Gasteiger partial charge in [-0.3, -0.25) is 9.48 Å². The first kappa shape index (κ1) is 13.5. The van der Waals surface area contributed by atoms with Crippen molar-refractivity contribution in [3.63, 3.8) is 0 Å². The van der Waals surface area contributed by atoms with Gasteiger partial charge in [-0.05, 0) is 18.4 Å². The van der Waals surface area contributed by atoms with Crippen LogP contribution < -0.4 is 11.1 Å². The van der Waals surface area contributed by atoms with Gasteiger partial charge in [0.15, 0.2) is 0 Å². The fraction of sp³-hybridized carbons (Fsp3) is 0.667. The number of aromatic nitrogens is 2. The number of nitrogens with two attached hydrogens (primary N) is 1. The highest BCUT2D eigenvalue weighted by atomic mass is 16.2. The minimum atomic E-state index is -0.0161. The minimum absolute atomic E-state index is 0.0161. The van der Waals surface area contributed by atoms with E-state index in [0.29, 0.717) is 5.82 Å². The molecule has 0 aliphatic carbocycles. The Morgan fingerprint density at radius 3 is 2.88 bits per heavy atom. The lowest BCUT2D eigenvalue weighted by molar-refractivity contribution is -0.121. The maximum absolute atomic E-state index is 11.5. The zero-order valence-electron chi connectivity index (χ0n) is 10.6. The van der Waals surface area contributed by atoms with Crippen LogP contribution in [-0.4, -0.2) is 22.2 Å². The third-order valence-electron chi connectivity index (χ3n) is 2.50. The smallest absolute Gasteiger partial charge is 0.241 e. The molecule has 0 fully saturated rings. The molecule has 3 N–H and O–H groups in total. The first-order valence-corrected chi connectivity index (χ1v) is 6.13. The highest BCUT2D eigenvalue weighted by molar-refractivity contribution is 5.75. The van der Waals surface area contributed by atoms with Gasteiger partial charge in [0.25, 0.3) is 0 Å². The summed E-state index contributed by atoms with van der Waals surface area (Å²) in [7, 11) is 0. The molecular weight excluding hydrogens is 216 g/mol. The predicted octanol–water partition coefficient (Wildman–Crippen LogP) is 1.41. The molecule has 1 heterocycles. The van der Waals surface area contributed by atoms with Gasteiger partial charge in [0, 0.05) is 12.7 Å². The maximum Gasteiger partial charge on any atom is 0.241 e. The Morgan fingerprint density at radius 1 is 1.53 bits per heavy atom. The topological polar surface area (TPSA) is 72.9 Å². The number of rotatable bonds is 7. The number of nitrogen functional groups attached to an aromatic ring is 1. The van der Waals surface area contributed by atoms with Crippen LogP contribution in [-0.2, 0) is 11.3 Å². The van der Waals surface area contributed by atoms with Gasteiger partial charge < -0.3 is 11.1 Å². The molecule has 0 unspecified atom stereocenters. The molecule has 0 spiro atoms. The number of anilines is 1. The highest BCUT2D eigenvalue weighted by Gasteiger charge is 2.03. The number of amides is 1. The molecule has 96 valence electrons. The van der Waals surface area contributed by atoms with Crippen molar-refractivity contribution in [2.75, 3.05) is 12.3 Å². The molecule has 1 aromatic heterocycles. The summed E-state index contributed by atoms with van der Waals surface area (Å²) in [5.74, 6) is 1.16. The van der Waals surface area contributed by atoms with E-state index >= 15 is 0 Å². The Kier molecular flexibility index (Phi) is 5.52. The van der Waals surface area contributed by atoms with E-state index in [0.717, 1.165) is 25.3 Å². The lowest BCUT2D eigenvalue weighted by atomic mass is 10.1. The van der Waals surface area contributed by atoms with Crippen LogP contribution in [0, 0.1) is 5.92 Å². The van der Waals surface area contributed by atoms with Crippen molar-refractivity contribution >= 4 is 11.7 Å². The van der Waals surface area contributed by atoms with Crippen LogP contribution in [0.25, 0.3) is 0 Å². The lowest BCUT2D eigenvalue weighted by Gasteiger charge is -2.06. The van der Waals surface area contributed by atoms with E-state index in [9.17, 15) is 4.79 Å². The molecule has 0 aromatic carbocycles. The van der Waals surface area contributed by atoms with E-state index in [1.807, 2.05) is 0 Å².